The van der Waals surface area contributed by atoms with Crippen LogP contribution in [0.3, 0.4) is 0 Å². The standard InChI is InChI=1S/C37H39F5N6O14S/c38-31-30(32(39)34(41)35(42)33(31)40)36(59)43-10-9-20-3-7-24(8-4-20)63(61,62)45-37(60)44-22-5-1-21(2-6-22)13-23(48(18-28(55)56)19-29(57)58)14-46(15-25(49)50)11-12-47(16-26(51)52)17-27(53)54/h1-8,23H,9-19H2,(H,43,59)(H,49,50)(H,51,52)(H,53,54)(H,55,56)(H,57,58)(H2,44,45,60). The number of sulfonamides is 1. The van der Waals surface area contributed by atoms with Crippen molar-refractivity contribution >= 4 is 57.5 Å². The van der Waals surface area contributed by atoms with E-state index in [-0.39, 0.29) is 44.7 Å². The Morgan fingerprint density at radius 3 is 1.52 bits per heavy atom. The van der Waals surface area contributed by atoms with Crippen molar-refractivity contribution in [2.75, 3.05) is 64.2 Å². The number of anilines is 1. The number of halogens is 5. The van der Waals surface area contributed by atoms with Gasteiger partial charge in [0, 0.05) is 37.9 Å². The SMILES string of the molecule is O=C(O)CN(CCN(CC(=O)O)CC(Cc1ccc(NC(=O)NS(=O)(=O)c2ccc(CCNC(=O)c3c(F)c(F)c(F)c(F)c3F)cc2)cc1)N(CC(=O)O)CC(=O)O)CC(=O)O. The number of nitrogens with zero attached hydrogens (tertiary/aromatic N) is 3. The molecule has 0 fully saturated rings. The van der Waals surface area contributed by atoms with Crippen molar-refractivity contribution in [2.45, 2.75) is 23.8 Å². The number of carbonyl (C=O) groups excluding carboxylic acids is 2. The van der Waals surface area contributed by atoms with Crippen LogP contribution in [0.2, 0.25) is 0 Å². The first-order chi connectivity index (χ1) is 29.5. The van der Waals surface area contributed by atoms with E-state index >= 15 is 0 Å². The lowest BCUT2D eigenvalue weighted by atomic mass is 10.0. The maximum Gasteiger partial charge on any atom is 0.333 e. The maximum atomic E-state index is 13.9. The molecule has 0 aliphatic carbocycles. The van der Waals surface area contributed by atoms with Crippen molar-refractivity contribution in [3.63, 3.8) is 0 Å². The van der Waals surface area contributed by atoms with Crippen molar-refractivity contribution in [1.29, 1.82) is 0 Å². The Labute approximate surface area is 353 Å². The van der Waals surface area contributed by atoms with Crippen LogP contribution in [0, 0.1) is 29.1 Å². The van der Waals surface area contributed by atoms with E-state index in [0.717, 1.165) is 21.9 Å². The molecule has 3 amide bonds. The van der Waals surface area contributed by atoms with Gasteiger partial charge in [0.15, 0.2) is 23.3 Å². The normalized spacial score (nSPS) is 11.9. The third-order valence-electron chi connectivity index (χ3n) is 8.75. The van der Waals surface area contributed by atoms with E-state index < -0.39 is 130 Å². The average molecular weight is 919 g/mol. The molecule has 0 bridgehead atoms. The monoisotopic (exact) mass is 918 g/mol. The summed E-state index contributed by atoms with van der Waals surface area (Å²) in [6.45, 7) is -4.79. The fourth-order valence-corrected chi connectivity index (χ4v) is 6.86. The molecule has 3 rings (SSSR count). The van der Waals surface area contributed by atoms with Crippen LogP contribution in [0.25, 0.3) is 0 Å². The van der Waals surface area contributed by atoms with E-state index in [4.69, 9.17) is 10.2 Å². The summed E-state index contributed by atoms with van der Waals surface area (Å²) >= 11 is 0. The lowest BCUT2D eigenvalue weighted by Gasteiger charge is -2.34. The highest BCUT2D eigenvalue weighted by atomic mass is 32.2. The molecule has 1 unspecified atom stereocenters. The van der Waals surface area contributed by atoms with Gasteiger partial charge in [0.1, 0.15) is 5.56 Å². The molecule has 0 aromatic heterocycles. The summed E-state index contributed by atoms with van der Waals surface area (Å²) in [5.74, 6) is -20.2. The molecule has 63 heavy (non-hydrogen) atoms. The van der Waals surface area contributed by atoms with Gasteiger partial charge in [-0.2, -0.15) is 0 Å². The first-order valence-corrected chi connectivity index (χ1v) is 19.5. The molecule has 342 valence electrons. The molecule has 3 aromatic rings. The fraction of sp³-hybridized carbons (Fsp3) is 0.324. The van der Waals surface area contributed by atoms with Gasteiger partial charge in [-0.1, -0.05) is 24.3 Å². The van der Waals surface area contributed by atoms with Gasteiger partial charge < -0.3 is 36.2 Å². The van der Waals surface area contributed by atoms with Gasteiger partial charge >= 0.3 is 35.9 Å². The highest BCUT2D eigenvalue weighted by Gasteiger charge is 2.30. The van der Waals surface area contributed by atoms with Crippen LogP contribution in [0.4, 0.5) is 32.4 Å². The van der Waals surface area contributed by atoms with Crippen LogP contribution < -0.4 is 15.4 Å². The molecule has 0 saturated carbocycles. The summed E-state index contributed by atoms with van der Waals surface area (Å²) in [5.41, 5.74) is -0.885. The van der Waals surface area contributed by atoms with Crippen molar-refractivity contribution < 1.29 is 89.5 Å². The van der Waals surface area contributed by atoms with Crippen LogP contribution >= 0.6 is 0 Å². The van der Waals surface area contributed by atoms with Gasteiger partial charge in [0.2, 0.25) is 5.82 Å². The number of aliphatic carboxylic acids is 5. The largest absolute Gasteiger partial charge is 0.480 e. The molecule has 0 heterocycles. The Balaban J connectivity index is 1.68. The van der Waals surface area contributed by atoms with E-state index in [2.05, 4.69) is 5.32 Å². The van der Waals surface area contributed by atoms with Crippen molar-refractivity contribution in [1.82, 2.24) is 24.7 Å². The van der Waals surface area contributed by atoms with Gasteiger partial charge in [-0.05, 0) is 48.2 Å². The zero-order valence-corrected chi connectivity index (χ0v) is 33.3. The molecule has 0 spiro atoms. The average Bonchev–Trinajstić information content (AvgIpc) is 3.17. The summed E-state index contributed by atoms with van der Waals surface area (Å²) in [6, 6.07) is 7.89. The second-order valence-corrected chi connectivity index (χ2v) is 15.2. The summed E-state index contributed by atoms with van der Waals surface area (Å²) in [7, 11) is -4.51. The van der Waals surface area contributed by atoms with E-state index in [1.54, 1.807) is 4.72 Å². The number of hydrogen-bond donors (Lipinski definition) is 8. The van der Waals surface area contributed by atoms with Crippen LogP contribution in [0.15, 0.2) is 53.4 Å². The number of hydrogen-bond acceptors (Lipinski definition) is 12. The topological polar surface area (TPSA) is 301 Å². The van der Waals surface area contributed by atoms with Crippen molar-refractivity contribution in [3.8, 4) is 0 Å². The molecule has 0 saturated heterocycles. The molecule has 20 nitrogen and oxygen atoms in total. The smallest absolute Gasteiger partial charge is 0.333 e. The Kier molecular flexibility index (Phi) is 18.4. The quantitative estimate of drug-likeness (QED) is 0.0335. The molecule has 3 aromatic carbocycles. The lowest BCUT2D eigenvalue weighted by Crippen LogP contribution is -2.51. The Bertz CT molecular complexity index is 2250. The zero-order chi connectivity index (χ0) is 47.2. The molecule has 0 aliphatic rings. The Hall–Kier alpha value is -6.77. The minimum Gasteiger partial charge on any atom is -0.480 e. The summed E-state index contributed by atoms with van der Waals surface area (Å²) in [4.78, 5) is 85.4. The van der Waals surface area contributed by atoms with E-state index in [1.807, 2.05) is 5.32 Å². The molecule has 0 radical (unpaired) electrons. The number of carboxylic acid groups (broad SMARTS) is 5. The number of carboxylic acids is 5. The molecule has 26 heteroatoms. The van der Waals surface area contributed by atoms with Gasteiger partial charge in [0.25, 0.3) is 15.9 Å². The first-order valence-electron chi connectivity index (χ1n) is 18.1. The molecule has 0 aliphatic heterocycles. The number of benzene rings is 3. The summed E-state index contributed by atoms with van der Waals surface area (Å²) in [6.07, 6.45) is -0.203. The van der Waals surface area contributed by atoms with Crippen LogP contribution in [0.1, 0.15) is 21.5 Å². The van der Waals surface area contributed by atoms with Crippen molar-refractivity contribution in [3.05, 3.63) is 94.3 Å². The number of carbonyl (C=O) groups is 7. The molecule has 8 N–H and O–H groups in total. The number of urea groups is 1. The molecule has 1 atom stereocenters. The maximum absolute atomic E-state index is 13.9. The molecular weight excluding hydrogens is 879 g/mol. The van der Waals surface area contributed by atoms with Gasteiger partial charge in [-0.3, -0.25) is 43.5 Å². The summed E-state index contributed by atoms with van der Waals surface area (Å²) < 4.78 is 95.6. The van der Waals surface area contributed by atoms with Gasteiger partial charge in [-0.25, -0.2) is 39.9 Å². The highest BCUT2D eigenvalue weighted by Crippen LogP contribution is 2.23. The van der Waals surface area contributed by atoms with Gasteiger partial charge in [-0.15, -0.1) is 0 Å². The lowest BCUT2D eigenvalue weighted by molar-refractivity contribution is -0.144. The van der Waals surface area contributed by atoms with Gasteiger partial charge in [0.05, 0.1) is 37.6 Å². The van der Waals surface area contributed by atoms with Crippen molar-refractivity contribution in [2.24, 2.45) is 0 Å². The summed E-state index contributed by atoms with van der Waals surface area (Å²) in [5, 5.41) is 51.2. The van der Waals surface area contributed by atoms with Crippen LogP contribution in [-0.2, 0) is 46.8 Å². The third kappa shape index (κ3) is 15.9. The minimum atomic E-state index is -4.51. The fourth-order valence-electron chi connectivity index (χ4n) is 5.96. The van der Waals surface area contributed by atoms with Crippen LogP contribution in [-0.4, -0.2) is 155 Å². The second kappa shape index (κ2) is 22.9. The predicted molar refractivity (Wildman–Crippen MR) is 205 cm³/mol. The third-order valence-corrected chi connectivity index (χ3v) is 10.1. The zero-order valence-electron chi connectivity index (χ0n) is 32.5. The number of amides is 3. The molecular formula is C37H39F5N6O14S. The Morgan fingerprint density at radius 1 is 0.587 bits per heavy atom. The number of rotatable bonds is 25. The predicted octanol–water partition coefficient (Wildman–Crippen LogP) is 1.11. The highest BCUT2D eigenvalue weighted by molar-refractivity contribution is 7.90. The number of nitrogens with one attached hydrogen (secondary N) is 3. The van der Waals surface area contributed by atoms with E-state index in [0.29, 0.717) is 11.1 Å². The second-order valence-electron chi connectivity index (χ2n) is 13.5. The van der Waals surface area contributed by atoms with Crippen LogP contribution in [0.5, 0.6) is 0 Å². The van der Waals surface area contributed by atoms with E-state index in [1.165, 1.54) is 41.3 Å². The van der Waals surface area contributed by atoms with E-state index in [9.17, 15) is 79.3 Å². The first kappa shape index (κ1) is 50.6. The minimum absolute atomic E-state index is 0.0451. The Morgan fingerprint density at radius 2 is 1.03 bits per heavy atom.